The fourth-order valence-corrected chi connectivity index (χ4v) is 2.82. The van der Waals surface area contributed by atoms with Gasteiger partial charge in [0, 0.05) is 5.69 Å². The zero-order chi connectivity index (χ0) is 17.7. The zero-order valence-corrected chi connectivity index (χ0v) is 15.5. The van der Waals surface area contributed by atoms with Crippen LogP contribution in [0.4, 0.5) is 0 Å². The van der Waals surface area contributed by atoms with Crippen molar-refractivity contribution in [3.05, 3.63) is 39.6 Å². The van der Waals surface area contributed by atoms with Crippen molar-refractivity contribution in [2.45, 2.75) is 20.4 Å². The molecule has 0 saturated heterocycles. The summed E-state index contributed by atoms with van der Waals surface area (Å²) in [5, 5.41) is 8.20. The van der Waals surface area contributed by atoms with Gasteiger partial charge in [-0.25, -0.2) is 5.43 Å². The average Bonchev–Trinajstić information content (AvgIpc) is 2.84. The molecule has 8 heteroatoms. The number of ether oxygens (including phenoxy) is 2. The van der Waals surface area contributed by atoms with Gasteiger partial charge in [0.1, 0.15) is 6.54 Å². The number of hydrogen-bond donors (Lipinski definition) is 1. The van der Waals surface area contributed by atoms with Gasteiger partial charge in [-0.1, -0.05) is 0 Å². The molecule has 1 aromatic carbocycles. The number of amides is 1. The van der Waals surface area contributed by atoms with Crippen LogP contribution < -0.4 is 14.9 Å². The van der Waals surface area contributed by atoms with Gasteiger partial charge in [0.05, 0.1) is 30.6 Å². The third-order valence-corrected chi connectivity index (χ3v) is 3.84. The van der Waals surface area contributed by atoms with Crippen LogP contribution in [0.5, 0.6) is 11.5 Å². The van der Waals surface area contributed by atoms with Gasteiger partial charge in [-0.15, -0.1) is 0 Å². The Morgan fingerprint density at radius 1 is 1.33 bits per heavy atom. The number of hydrazone groups is 1. The first-order valence-corrected chi connectivity index (χ1v) is 7.98. The highest BCUT2D eigenvalue weighted by molar-refractivity contribution is 9.10. The van der Waals surface area contributed by atoms with Crippen molar-refractivity contribution in [3.8, 4) is 11.5 Å². The quantitative estimate of drug-likeness (QED) is 0.602. The van der Waals surface area contributed by atoms with E-state index in [0.717, 1.165) is 21.4 Å². The second-order valence-corrected chi connectivity index (χ2v) is 5.97. The maximum absolute atomic E-state index is 11.9. The minimum atomic E-state index is -0.253. The van der Waals surface area contributed by atoms with E-state index in [2.05, 4.69) is 31.6 Å². The average molecular weight is 395 g/mol. The number of nitrogens with zero attached hydrogens (tertiary/aromatic N) is 3. The Balaban J connectivity index is 2.02. The number of carbonyl (C=O) groups excluding carboxylic acids is 1. The molecule has 1 aromatic heterocycles. The lowest BCUT2D eigenvalue weighted by molar-refractivity contribution is -0.121. The van der Waals surface area contributed by atoms with E-state index < -0.39 is 0 Å². The Morgan fingerprint density at radius 3 is 2.67 bits per heavy atom. The number of benzene rings is 1. The molecule has 0 saturated carbocycles. The van der Waals surface area contributed by atoms with Crippen molar-refractivity contribution < 1.29 is 14.3 Å². The molecule has 1 amide bonds. The minimum absolute atomic E-state index is 0.118. The van der Waals surface area contributed by atoms with Crippen molar-refractivity contribution in [1.82, 2.24) is 15.2 Å². The molecular formula is C16H19BrN4O3. The van der Waals surface area contributed by atoms with Crippen molar-refractivity contribution in [1.29, 1.82) is 0 Å². The third kappa shape index (κ3) is 4.35. The van der Waals surface area contributed by atoms with Crippen LogP contribution in [0.25, 0.3) is 0 Å². The number of rotatable bonds is 6. The van der Waals surface area contributed by atoms with Crippen LogP contribution in [0.3, 0.4) is 0 Å². The van der Waals surface area contributed by atoms with Crippen LogP contribution in [-0.2, 0) is 11.3 Å². The fourth-order valence-electron chi connectivity index (χ4n) is 2.20. The molecule has 1 heterocycles. The maximum atomic E-state index is 11.9. The number of carbonyl (C=O) groups is 1. The maximum Gasteiger partial charge on any atom is 0.261 e. The van der Waals surface area contributed by atoms with Gasteiger partial charge in [-0.3, -0.25) is 9.48 Å². The molecule has 0 aliphatic rings. The van der Waals surface area contributed by atoms with Crippen molar-refractivity contribution in [2.24, 2.45) is 5.10 Å². The molecular weight excluding hydrogens is 376 g/mol. The summed E-state index contributed by atoms with van der Waals surface area (Å²) in [6.07, 6.45) is 1.53. The molecule has 2 rings (SSSR count). The summed E-state index contributed by atoms with van der Waals surface area (Å²) in [5.74, 6) is 0.919. The lowest BCUT2D eigenvalue weighted by Gasteiger charge is -2.10. The number of hydrogen-bond acceptors (Lipinski definition) is 5. The standard InChI is InChI=1S/C16H19BrN4O3/c1-10-5-11(2)21(20-10)9-15(22)19-18-8-12-6-13(17)16(24-4)14(7-12)23-3/h5-8H,9H2,1-4H3,(H,19,22)/b18-8+. The molecule has 0 fully saturated rings. The zero-order valence-electron chi connectivity index (χ0n) is 14.0. The third-order valence-electron chi connectivity index (χ3n) is 3.26. The molecule has 24 heavy (non-hydrogen) atoms. The Bertz CT molecular complexity index is 771. The van der Waals surface area contributed by atoms with Crippen molar-refractivity contribution >= 4 is 28.1 Å². The molecule has 0 spiro atoms. The second-order valence-electron chi connectivity index (χ2n) is 5.12. The minimum Gasteiger partial charge on any atom is -0.493 e. The van der Waals surface area contributed by atoms with Crippen LogP contribution in [0.2, 0.25) is 0 Å². The van der Waals surface area contributed by atoms with Gasteiger partial charge in [0.15, 0.2) is 11.5 Å². The van der Waals surface area contributed by atoms with E-state index in [-0.39, 0.29) is 12.5 Å². The molecule has 0 bridgehead atoms. The number of halogens is 1. The topological polar surface area (TPSA) is 77.7 Å². The number of aromatic nitrogens is 2. The lowest BCUT2D eigenvalue weighted by Crippen LogP contribution is -2.24. The summed E-state index contributed by atoms with van der Waals surface area (Å²) in [7, 11) is 3.12. The highest BCUT2D eigenvalue weighted by Crippen LogP contribution is 2.35. The molecule has 128 valence electrons. The molecule has 7 nitrogen and oxygen atoms in total. The predicted octanol–water partition coefficient (Wildman–Crippen LogP) is 2.43. The first kappa shape index (κ1) is 18.0. The van der Waals surface area contributed by atoms with E-state index in [1.165, 1.54) is 6.21 Å². The molecule has 0 unspecified atom stereocenters. The highest BCUT2D eigenvalue weighted by atomic mass is 79.9. The smallest absolute Gasteiger partial charge is 0.261 e. The van der Waals surface area contributed by atoms with Gasteiger partial charge in [-0.2, -0.15) is 10.2 Å². The highest BCUT2D eigenvalue weighted by Gasteiger charge is 2.10. The van der Waals surface area contributed by atoms with E-state index >= 15 is 0 Å². The second kappa shape index (κ2) is 7.96. The van der Waals surface area contributed by atoms with Gasteiger partial charge < -0.3 is 9.47 Å². The van der Waals surface area contributed by atoms with Crippen LogP contribution >= 0.6 is 15.9 Å². The summed E-state index contributed by atoms with van der Waals surface area (Å²) in [5.41, 5.74) is 5.04. The van der Waals surface area contributed by atoms with Gasteiger partial charge in [-0.05, 0) is 53.5 Å². The van der Waals surface area contributed by atoms with Gasteiger partial charge in [0.2, 0.25) is 0 Å². The largest absolute Gasteiger partial charge is 0.493 e. The van der Waals surface area contributed by atoms with Crippen LogP contribution in [0.1, 0.15) is 17.0 Å². The Hall–Kier alpha value is -2.35. The van der Waals surface area contributed by atoms with E-state index in [0.29, 0.717) is 11.5 Å². The lowest BCUT2D eigenvalue weighted by atomic mass is 10.2. The van der Waals surface area contributed by atoms with E-state index in [1.54, 1.807) is 25.0 Å². The molecule has 2 aromatic rings. The van der Waals surface area contributed by atoms with Crippen molar-refractivity contribution in [3.63, 3.8) is 0 Å². The van der Waals surface area contributed by atoms with Crippen LogP contribution in [0, 0.1) is 13.8 Å². The SMILES string of the molecule is COc1cc(/C=N/NC(=O)Cn2nc(C)cc2C)cc(Br)c1OC. The fraction of sp³-hybridized carbons (Fsp3) is 0.312. The number of aryl methyl sites for hydroxylation is 2. The van der Waals surface area contributed by atoms with E-state index in [1.807, 2.05) is 26.0 Å². The van der Waals surface area contributed by atoms with Crippen molar-refractivity contribution in [2.75, 3.05) is 14.2 Å². The summed E-state index contributed by atoms with van der Waals surface area (Å²) >= 11 is 3.41. The summed E-state index contributed by atoms with van der Waals surface area (Å²) in [6.45, 7) is 3.90. The van der Waals surface area contributed by atoms with E-state index in [4.69, 9.17) is 9.47 Å². The number of nitrogens with one attached hydrogen (secondary N) is 1. The summed E-state index contributed by atoms with van der Waals surface area (Å²) < 4.78 is 12.9. The monoisotopic (exact) mass is 394 g/mol. The van der Waals surface area contributed by atoms with Crippen LogP contribution in [0.15, 0.2) is 27.8 Å². The Labute approximate surface area is 148 Å². The first-order chi connectivity index (χ1) is 11.4. The predicted molar refractivity (Wildman–Crippen MR) is 94.7 cm³/mol. The normalized spacial score (nSPS) is 10.9. The van der Waals surface area contributed by atoms with Crippen LogP contribution in [-0.4, -0.2) is 36.1 Å². The first-order valence-electron chi connectivity index (χ1n) is 7.19. The molecule has 0 aliphatic heterocycles. The molecule has 0 aliphatic carbocycles. The molecule has 0 atom stereocenters. The summed E-state index contributed by atoms with van der Waals surface area (Å²) in [4.78, 5) is 11.9. The van der Waals surface area contributed by atoms with Gasteiger partial charge in [0.25, 0.3) is 5.91 Å². The molecule has 0 radical (unpaired) electrons. The van der Waals surface area contributed by atoms with Gasteiger partial charge >= 0.3 is 0 Å². The summed E-state index contributed by atoms with van der Waals surface area (Å²) in [6, 6.07) is 5.50. The number of methoxy groups -OCH3 is 2. The Kier molecular flexibility index (Phi) is 5.97. The molecule has 1 N–H and O–H groups in total. The van der Waals surface area contributed by atoms with E-state index in [9.17, 15) is 4.79 Å². The Morgan fingerprint density at radius 2 is 2.08 bits per heavy atom.